The van der Waals surface area contributed by atoms with Crippen molar-refractivity contribution in [2.24, 2.45) is 5.92 Å². The Morgan fingerprint density at radius 2 is 1.28 bits per heavy atom. The molecule has 0 aromatic rings. The lowest BCUT2D eigenvalue weighted by atomic mass is 10.2. The van der Waals surface area contributed by atoms with Crippen LogP contribution in [0.3, 0.4) is 0 Å². The third kappa shape index (κ3) is 11.2. The Labute approximate surface area is 191 Å². The lowest BCUT2D eigenvalue weighted by molar-refractivity contribution is -0.113. The van der Waals surface area contributed by atoms with Crippen LogP contribution in [0.5, 0.6) is 0 Å². The minimum Gasteiger partial charge on any atom is -0.374 e. The molecular formula is C22H47N2O2PS2. The van der Waals surface area contributed by atoms with Crippen LogP contribution in [-0.2, 0) is 9.53 Å². The van der Waals surface area contributed by atoms with E-state index in [4.69, 9.17) is 4.74 Å². The van der Waals surface area contributed by atoms with Gasteiger partial charge in [-0.05, 0) is 69.2 Å². The molecule has 0 aliphatic heterocycles. The van der Waals surface area contributed by atoms with E-state index in [1.165, 1.54) is 11.8 Å². The van der Waals surface area contributed by atoms with Gasteiger partial charge in [0.05, 0.1) is 12.2 Å². The third-order valence-corrected chi connectivity index (χ3v) is 11.5. The summed E-state index contributed by atoms with van der Waals surface area (Å²) in [5.74, 6) is 1.74. The van der Waals surface area contributed by atoms with E-state index in [1.54, 1.807) is 0 Å². The molecule has 0 heterocycles. The minimum absolute atomic E-state index is 0.0750. The molecule has 0 spiro atoms. The number of hydrogen-bond donors (Lipinski definition) is 0. The van der Waals surface area contributed by atoms with Crippen molar-refractivity contribution in [1.29, 1.82) is 0 Å². The molecular weight excluding hydrogens is 419 g/mol. The van der Waals surface area contributed by atoms with Crippen LogP contribution >= 0.6 is 30.6 Å². The van der Waals surface area contributed by atoms with Gasteiger partial charge in [0, 0.05) is 41.6 Å². The Morgan fingerprint density at radius 1 is 0.862 bits per heavy atom. The zero-order chi connectivity index (χ0) is 22.9. The Morgan fingerprint density at radius 3 is 1.62 bits per heavy atom. The van der Waals surface area contributed by atoms with E-state index < -0.39 is 7.42 Å². The van der Waals surface area contributed by atoms with E-state index in [0.29, 0.717) is 36.5 Å². The average molecular weight is 467 g/mol. The van der Waals surface area contributed by atoms with Gasteiger partial charge in [0.25, 0.3) is 0 Å². The second kappa shape index (κ2) is 14.0. The van der Waals surface area contributed by atoms with Gasteiger partial charge in [-0.2, -0.15) is 0 Å². The van der Waals surface area contributed by atoms with Crippen molar-refractivity contribution in [2.45, 2.75) is 113 Å². The summed E-state index contributed by atoms with van der Waals surface area (Å²) in [6.45, 7) is 27.2. The summed E-state index contributed by atoms with van der Waals surface area (Å²) in [5, 5.41) is 0.244. The number of thioether (sulfide) groups is 1. The van der Waals surface area contributed by atoms with Crippen LogP contribution in [0.1, 0.15) is 83.1 Å². The van der Waals surface area contributed by atoms with Gasteiger partial charge in [0.1, 0.15) is 7.42 Å². The maximum Gasteiger partial charge on any atom is 0.191 e. The highest BCUT2D eigenvalue weighted by molar-refractivity contribution is 8.54. The first-order valence-corrected chi connectivity index (χ1v) is 14.8. The molecule has 0 aliphatic carbocycles. The second-order valence-electron chi connectivity index (χ2n) is 9.59. The number of carbonyl (C=O) groups excluding carboxylic acids is 1. The predicted octanol–water partition coefficient (Wildman–Crippen LogP) is 6.90. The Bertz CT molecular complexity index is 436. The van der Waals surface area contributed by atoms with Crippen molar-refractivity contribution in [3.8, 4) is 0 Å². The Kier molecular flexibility index (Phi) is 14.3. The Hall–Kier alpha value is 0.680. The summed E-state index contributed by atoms with van der Waals surface area (Å²) < 4.78 is 11.5. The summed E-state index contributed by atoms with van der Waals surface area (Å²) in [7, 11) is -0.476. The first kappa shape index (κ1) is 29.7. The summed E-state index contributed by atoms with van der Waals surface area (Å²) in [4.78, 5) is 11.9. The van der Waals surface area contributed by atoms with Crippen LogP contribution in [-0.4, -0.2) is 62.3 Å². The molecule has 0 N–H and O–H groups in total. The van der Waals surface area contributed by atoms with Crippen LogP contribution in [0.25, 0.3) is 0 Å². The highest BCUT2D eigenvalue weighted by Crippen LogP contribution is 2.59. The molecule has 0 saturated carbocycles. The molecule has 0 aromatic heterocycles. The highest BCUT2D eigenvalue weighted by atomic mass is 32.7. The molecule has 0 radical (unpaired) electrons. The van der Waals surface area contributed by atoms with Crippen LogP contribution in [0.4, 0.5) is 0 Å². The molecule has 0 amide bonds. The van der Waals surface area contributed by atoms with Gasteiger partial charge < -0.3 is 4.74 Å². The lowest BCUT2D eigenvalue weighted by Gasteiger charge is -2.46. The lowest BCUT2D eigenvalue weighted by Crippen LogP contribution is -2.42. The van der Waals surface area contributed by atoms with Gasteiger partial charge in [-0.3, -0.25) is 14.1 Å². The van der Waals surface area contributed by atoms with E-state index in [9.17, 15) is 4.79 Å². The van der Waals surface area contributed by atoms with Gasteiger partial charge in [0.2, 0.25) is 0 Å². The van der Waals surface area contributed by atoms with Crippen molar-refractivity contribution in [3.63, 3.8) is 0 Å². The minimum atomic E-state index is -0.476. The molecule has 7 heteroatoms. The molecule has 4 nitrogen and oxygen atoms in total. The largest absolute Gasteiger partial charge is 0.374 e. The van der Waals surface area contributed by atoms with E-state index in [-0.39, 0.29) is 16.6 Å². The smallest absolute Gasteiger partial charge is 0.191 e. The van der Waals surface area contributed by atoms with Crippen LogP contribution in [0, 0.1) is 5.92 Å². The molecule has 0 rings (SSSR count). The SMILES string of the molecule is CC(C)C(=O)SCC(C)(C)OCCSP(N(C(C)C)C(C)C)N(C(C)C)C(C)C. The number of carbonyl (C=O) groups is 1. The van der Waals surface area contributed by atoms with E-state index in [0.717, 1.165) is 5.75 Å². The van der Waals surface area contributed by atoms with Gasteiger partial charge in [-0.25, -0.2) is 0 Å². The van der Waals surface area contributed by atoms with Crippen LogP contribution < -0.4 is 0 Å². The standard InChI is InChI=1S/C22H47N2O2PS2/c1-16(2)21(25)28-15-22(11,12)26-13-14-29-27(23(17(3)4)18(5)6)24(19(7)8)20(9)10/h16-20H,13-15H2,1-12H3. The fourth-order valence-electron chi connectivity index (χ4n) is 3.13. The van der Waals surface area contributed by atoms with Gasteiger partial charge in [0.15, 0.2) is 5.12 Å². The number of rotatable bonds is 14. The van der Waals surface area contributed by atoms with Crippen molar-refractivity contribution < 1.29 is 9.53 Å². The Balaban J connectivity index is 5.00. The van der Waals surface area contributed by atoms with Crippen molar-refractivity contribution in [1.82, 2.24) is 9.34 Å². The molecule has 0 aliphatic rings. The number of hydrogen-bond acceptors (Lipinski definition) is 6. The number of nitrogens with zero attached hydrogens (tertiary/aromatic N) is 2. The van der Waals surface area contributed by atoms with Gasteiger partial charge >= 0.3 is 0 Å². The average Bonchev–Trinajstić information content (AvgIpc) is 2.54. The molecule has 0 bridgehead atoms. The molecule has 0 aromatic carbocycles. The molecule has 0 atom stereocenters. The summed E-state index contributed by atoms with van der Waals surface area (Å²) in [6.07, 6.45) is 0. The monoisotopic (exact) mass is 466 g/mol. The third-order valence-electron chi connectivity index (χ3n) is 4.33. The molecule has 174 valence electrons. The first-order chi connectivity index (χ1) is 13.2. The molecule has 0 fully saturated rings. The van der Waals surface area contributed by atoms with Crippen LogP contribution in [0.15, 0.2) is 0 Å². The highest BCUT2D eigenvalue weighted by Gasteiger charge is 2.33. The number of ether oxygens (including phenoxy) is 1. The fraction of sp³-hybridized carbons (Fsp3) is 0.955. The molecule has 29 heavy (non-hydrogen) atoms. The van der Waals surface area contributed by atoms with Crippen molar-refractivity contribution in [3.05, 3.63) is 0 Å². The topological polar surface area (TPSA) is 32.8 Å². The van der Waals surface area contributed by atoms with Gasteiger partial charge in [-0.15, -0.1) is 0 Å². The summed E-state index contributed by atoms with van der Waals surface area (Å²) in [6, 6.07) is 2.02. The molecule has 0 unspecified atom stereocenters. The van der Waals surface area contributed by atoms with E-state index in [2.05, 4.69) is 78.6 Å². The maximum atomic E-state index is 11.9. The van der Waals surface area contributed by atoms with Crippen molar-refractivity contribution in [2.75, 3.05) is 18.1 Å². The van der Waals surface area contributed by atoms with E-state index >= 15 is 0 Å². The molecule has 0 saturated heterocycles. The van der Waals surface area contributed by atoms with E-state index in [1.807, 2.05) is 25.2 Å². The summed E-state index contributed by atoms with van der Waals surface area (Å²) >= 11 is 3.44. The quantitative estimate of drug-likeness (QED) is 0.205. The van der Waals surface area contributed by atoms with Crippen molar-refractivity contribution >= 4 is 35.7 Å². The predicted molar refractivity (Wildman–Crippen MR) is 136 cm³/mol. The summed E-state index contributed by atoms with van der Waals surface area (Å²) in [5.41, 5.74) is -0.288. The second-order valence-corrected chi connectivity index (χ2v) is 14.4. The fourth-order valence-corrected chi connectivity index (χ4v) is 10.2. The van der Waals surface area contributed by atoms with Crippen LogP contribution in [0.2, 0.25) is 0 Å². The normalized spacial score (nSPS) is 13.5. The first-order valence-electron chi connectivity index (χ1n) is 11.0. The zero-order valence-corrected chi connectivity index (χ0v) is 23.5. The maximum absolute atomic E-state index is 11.9. The van der Waals surface area contributed by atoms with Gasteiger partial charge in [-0.1, -0.05) is 37.0 Å². The zero-order valence-electron chi connectivity index (χ0n) is 21.0.